The van der Waals surface area contributed by atoms with Gasteiger partial charge in [0.25, 0.3) is 0 Å². The third kappa shape index (κ3) is 2.66. The summed E-state index contributed by atoms with van der Waals surface area (Å²) in [6.45, 7) is 1.98. The molecule has 92 valence electrons. The fraction of sp³-hybridized carbons (Fsp3) is 0.143. The summed E-state index contributed by atoms with van der Waals surface area (Å²) in [7, 11) is 1.37. The fourth-order valence-electron chi connectivity index (χ4n) is 1.58. The normalized spacial score (nSPS) is 9.89. The Labute approximate surface area is 106 Å². The molecule has 0 amide bonds. The Morgan fingerprint density at radius 3 is 2.56 bits per heavy atom. The number of esters is 1. The molecule has 4 nitrogen and oxygen atoms in total. The van der Waals surface area contributed by atoms with Gasteiger partial charge in [-0.15, -0.1) is 0 Å². The van der Waals surface area contributed by atoms with Crippen molar-refractivity contribution in [3.63, 3.8) is 0 Å². The predicted molar refractivity (Wildman–Crippen MR) is 70.0 cm³/mol. The number of hydrogen-bond acceptors (Lipinski definition) is 4. The molecule has 0 aliphatic rings. The lowest BCUT2D eigenvalue weighted by Gasteiger charge is -2.09. The van der Waals surface area contributed by atoms with Crippen LogP contribution in [0, 0.1) is 6.92 Å². The summed E-state index contributed by atoms with van der Waals surface area (Å²) < 4.78 is 4.65. The molecule has 0 unspecified atom stereocenters. The van der Waals surface area contributed by atoms with E-state index in [1.807, 2.05) is 25.1 Å². The second-order valence-corrected chi connectivity index (χ2v) is 3.88. The van der Waals surface area contributed by atoms with Gasteiger partial charge in [-0.2, -0.15) is 0 Å². The van der Waals surface area contributed by atoms with Crippen LogP contribution in [0.15, 0.2) is 42.7 Å². The number of ether oxygens (including phenoxy) is 1. The van der Waals surface area contributed by atoms with Crippen molar-refractivity contribution in [2.24, 2.45) is 0 Å². The summed E-state index contributed by atoms with van der Waals surface area (Å²) in [6.07, 6.45) is 3.53. The van der Waals surface area contributed by atoms with Crippen molar-refractivity contribution in [1.29, 1.82) is 0 Å². The molecule has 1 aromatic heterocycles. The van der Waals surface area contributed by atoms with Crippen LogP contribution in [0.1, 0.15) is 15.9 Å². The minimum Gasteiger partial charge on any atom is -0.465 e. The summed E-state index contributed by atoms with van der Waals surface area (Å²) in [5, 5.41) is 3.26. The number of carbonyl (C=O) groups excluding carboxylic acids is 1. The number of methoxy groups -OCH3 is 1. The first-order valence-electron chi connectivity index (χ1n) is 5.56. The van der Waals surface area contributed by atoms with E-state index in [9.17, 15) is 4.79 Å². The third-order valence-corrected chi connectivity index (χ3v) is 2.61. The van der Waals surface area contributed by atoms with Gasteiger partial charge in [0.2, 0.25) is 0 Å². The summed E-state index contributed by atoms with van der Waals surface area (Å²) in [6, 6.07) is 9.04. The van der Waals surface area contributed by atoms with Crippen LogP contribution in [0.4, 0.5) is 11.4 Å². The zero-order chi connectivity index (χ0) is 13.0. The number of pyridine rings is 1. The number of nitrogens with one attached hydrogen (secondary N) is 1. The lowest BCUT2D eigenvalue weighted by Crippen LogP contribution is -2.01. The van der Waals surface area contributed by atoms with Crippen LogP contribution in [0.5, 0.6) is 0 Å². The van der Waals surface area contributed by atoms with E-state index in [1.165, 1.54) is 7.11 Å². The van der Waals surface area contributed by atoms with Crippen molar-refractivity contribution in [3.05, 3.63) is 53.9 Å². The molecule has 1 N–H and O–H groups in total. The van der Waals surface area contributed by atoms with Crippen molar-refractivity contribution in [2.45, 2.75) is 6.92 Å². The van der Waals surface area contributed by atoms with Crippen molar-refractivity contribution in [3.8, 4) is 0 Å². The Balaban J connectivity index is 2.16. The largest absolute Gasteiger partial charge is 0.465 e. The van der Waals surface area contributed by atoms with Gasteiger partial charge in [0.05, 0.1) is 12.7 Å². The first-order valence-corrected chi connectivity index (χ1v) is 5.56. The number of aromatic nitrogens is 1. The molecule has 0 atom stereocenters. The van der Waals surface area contributed by atoms with Crippen LogP contribution in [-0.4, -0.2) is 18.1 Å². The predicted octanol–water partition coefficient (Wildman–Crippen LogP) is 2.92. The molecule has 0 aliphatic heterocycles. The molecular weight excluding hydrogens is 228 g/mol. The molecule has 0 fully saturated rings. The maximum atomic E-state index is 11.3. The molecule has 2 rings (SSSR count). The first-order chi connectivity index (χ1) is 8.70. The maximum Gasteiger partial charge on any atom is 0.337 e. The summed E-state index contributed by atoms with van der Waals surface area (Å²) in [4.78, 5) is 15.3. The number of benzene rings is 1. The van der Waals surface area contributed by atoms with Crippen LogP contribution in [0.3, 0.4) is 0 Å². The highest BCUT2D eigenvalue weighted by Gasteiger charge is 2.04. The quantitative estimate of drug-likeness (QED) is 0.841. The van der Waals surface area contributed by atoms with E-state index in [4.69, 9.17) is 0 Å². The van der Waals surface area contributed by atoms with Gasteiger partial charge in [-0.1, -0.05) is 0 Å². The molecule has 0 saturated carbocycles. The van der Waals surface area contributed by atoms with Gasteiger partial charge >= 0.3 is 5.97 Å². The van der Waals surface area contributed by atoms with E-state index in [-0.39, 0.29) is 5.97 Å². The van der Waals surface area contributed by atoms with Gasteiger partial charge in [0.1, 0.15) is 0 Å². The Bertz CT molecular complexity index is 550. The van der Waals surface area contributed by atoms with Gasteiger partial charge in [0, 0.05) is 23.8 Å². The lowest BCUT2D eigenvalue weighted by molar-refractivity contribution is 0.0601. The minimum absolute atomic E-state index is 0.332. The smallest absolute Gasteiger partial charge is 0.337 e. The summed E-state index contributed by atoms with van der Waals surface area (Å²) >= 11 is 0. The zero-order valence-corrected chi connectivity index (χ0v) is 10.3. The van der Waals surface area contributed by atoms with Crippen LogP contribution in [0.25, 0.3) is 0 Å². The summed E-state index contributed by atoms with van der Waals surface area (Å²) in [5.74, 6) is -0.332. The number of carbonyl (C=O) groups is 1. The van der Waals surface area contributed by atoms with Gasteiger partial charge in [-0.05, 0) is 42.8 Å². The van der Waals surface area contributed by atoms with E-state index >= 15 is 0 Å². The molecule has 0 spiro atoms. The highest BCUT2D eigenvalue weighted by Crippen LogP contribution is 2.19. The molecule has 0 bridgehead atoms. The fourth-order valence-corrected chi connectivity index (χ4v) is 1.58. The van der Waals surface area contributed by atoms with Crippen molar-refractivity contribution < 1.29 is 9.53 Å². The SMILES string of the molecule is COC(=O)c1ccc(Nc2ccncc2C)cc1. The average Bonchev–Trinajstić information content (AvgIpc) is 2.41. The highest BCUT2D eigenvalue weighted by molar-refractivity contribution is 5.89. The molecule has 1 aromatic carbocycles. The highest BCUT2D eigenvalue weighted by atomic mass is 16.5. The van der Waals surface area contributed by atoms with Gasteiger partial charge in [0.15, 0.2) is 0 Å². The standard InChI is InChI=1S/C14H14N2O2/c1-10-9-15-8-7-13(10)16-12-5-3-11(4-6-12)14(17)18-2/h3-9H,1-2H3,(H,15,16). The Kier molecular flexibility index (Phi) is 3.57. The Morgan fingerprint density at radius 2 is 1.94 bits per heavy atom. The van der Waals surface area contributed by atoms with Crippen LogP contribution in [0.2, 0.25) is 0 Å². The molecular formula is C14H14N2O2. The Hall–Kier alpha value is -2.36. The van der Waals surface area contributed by atoms with E-state index in [0.29, 0.717) is 5.56 Å². The second kappa shape index (κ2) is 5.31. The summed E-state index contributed by atoms with van der Waals surface area (Å²) in [5.41, 5.74) is 3.51. The molecule has 0 aliphatic carbocycles. The van der Waals surface area contributed by atoms with E-state index in [0.717, 1.165) is 16.9 Å². The molecule has 2 aromatic rings. The second-order valence-electron chi connectivity index (χ2n) is 3.88. The number of aryl methyl sites for hydroxylation is 1. The first kappa shape index (κ1) is 12.1. The number of rotatable bonds is 3. The van der Waals surface area contributed by atoms with Crippen LogP contribution < -0.4 is 5.32 Å². The molecule has 1 heterocycles. The molecule has 18 heavy (non-hydrogen) atoms. The van der Waals surface area contributed by atoms with Crippen LogP contribution >= 0.6 is 0 Å². The maximum absolute atomic E-state index is 11.3. The zero-order valence-electron chi connectivity index (χ0n) is 10.3. The number of hydrogen-bond donors (Lipinski definition) is 1. The Morgan fingerprint density at radius 1 is 1.22 bits per heavy atom. The van der Waals surface area contributed by atoms with Crippen molar-refractivity contribution in [2.75, 3.05) is 12.4 Å². The topological polar surface area (TPSA) is 51.2 Å². The minimum atomic E-state index is -0.332. The van der Waals surface area contributed by atoms with E-state index in [2.05, 4.69) is 15.0 Å². The van der Waals surface area contributed by atoms with Gasteiger partial charge in [-0.25, -0.2) is 4.79 Å². The molecule has 4 heteroatoms. The van der Waals surface area contributed by atoms with Gasteiger partial charge in [-0.3, -0.25) is 4.98 Å². The van der Waals surface area contributed by atoms with Gasteiger partial charge < -0.3 is 10.1 Å². The third-order valence-electron chi connectivity index (χ3n) is 2.61. The molecule has 0 saturated heterocycles. The number of nitrogens with zero attached hydrogens (tertiary/aromatic N) is 1. The monoisotopic (exact) mass is 242 g/mol. The lowest BCUT2D eigenvalue weighted by atomic mass is 10.2. The number of anilines is 2. The van der Waals surface area contributed by atoms with Crippen molar-refractivity contribution in [1.82, 2.24) is 4.98 Å². The average molecular weight is 242 g/mol. The van der Waals surface area contributed by atoms with Crippen LogP contribution in [-0.2, 0) is 4.74 Å². The molecule has 0 radical (unpaired) electrons. The van der Waals surface area contributed by atoms with E-state index in [1.54, 1.807) is 24.5 Å². The van der Waals surface area contributed by atoms with E-state index < -0.39 is 0 Å². The van der Waals surface area contributed by atoms with Crippen molar-refractivity contribution >= 4 is 17.3 Å².